The minimum atomic E-state index is -0.632. The van der Waals surface area contributed by atoms with Crippen LogP contribution in [0, 0.1) is 10.1 Å². The molecule has 5 nitrogen and oxygen atoms in total. The average Bonchev–Trinajstić information content (AvgIpc) is 2.12. The summed E-state index contributed by atoms with van der Waals surface area (Å²) in [6.45, 7) is 0.757. The molecule has 0 aromatic heterocycles. The highest BCUT2D eigenvalue weighted by Crippen LogP contribution is 1.92. The molecule has 0 fully saturated rings. The van der Waals surface area contributed by atoms with Gasteiger partial charge >= 0.3 is 6.02 Å². The first-order chi connectivity index (χ1) is 3.80. The molecule has 5 heteroatoms. The van der Waals surface area contributed by atoms with Gasteiger partial charge in [0.15, 0.2) is 6.54 Å². The zero-order valence-electron chi connectivity index (χ0n) is 4.03. The summed E-state index contributed by atoms with van der Waals surface area (Å²) in [6.07, 6.45) is 0. The number of hydrogen-bond acceptors (Lipinski definition) is 4. The van der Waals surface area contributed by atoms with Crippen LogP contribution in [-0.2, 0) is 4.74 Å². The molecular weight excluding hydrogens is 112 g/mol. The Hall–Kier alpha value is -1.13. The number of aliphatic imine (C=N–C) groups is 1. The zero-order chi connectivity index (χ0) is 5.98. The maximum Gasteiger partial charge on any atom is 0.535 e. The van der Waals surface area contributed by atoms with Crippen molar-refractivity contribution in [3.63, 3.8) is 0 Å². The lowest BCUT2D eigenvalue weighted by atomic mass is 10.8. The summed E-state index contributed by atoms with van der Waals surface area (Å²) in [5, 5.41) is 9.75. The van der Waals surface area contributed by atoms with Gasteiger partial charge in [0.1, 0.15) is 6.61 Å². The molecule has 0 saturated carbocycles. The lowest BCUT2D eigenvalue weighted by Gasteiger charge is -1.88. The Labute approximate surface area is 45.1 Å². The van der Waals surface area contributed by atoms with Gasteiger partial charge in [-0.25, -0.2) is 0 Å². The van der Waals surface area contributed by atoms with Crippen LogP contribution in [0.25, 0.3) is 0 Å². The molecule has 0 unspecified atom stereocenters. The number of nitro groups is 1. The van der Waals surface area contributed by atoms with Gasteiger partial charge in [-0.2, -0.15) is 0 Å². The SMILES string of the molecule is O=[N+]([O-])C1=NCCO1. The minimum Gasteiger partial charge on any atom is -0.421 e. The number of ether oxygens (including phenoxy) is 1. The lowest BCUT2D eigenvalue weighted by molar-refractivity contribution is -0.372. The van der Waals surface area contributed by atoms with E-state index in [4.69, 9.17) is 0 Å². The molecule has 0 atom stereocenters. The molecular formula is C3H4N2O3. The van der Waals surface area contributed by atoms with E-state index in [9.17, 15) is 10.1 Å². The van der Waals surface area contributed by atoms with Crippen LogP contribution in [-0.4, -0.2) is 24.1 Å². The summed E-state index contributed by atoms with van der Waals surface area (Å²) < 4.78 is 4.47. The Bertz CT molecular complexity index is 141. The van der Waals surface area contributed by atoms with Crippen LogP contribution in [0.4, 0.5) is 0 Å². The van der Waals surface area contributed by atoms with Crippen LogP contribution in [0.2, 0.25) is 0 Å². The third-order valence-corrected chi connectivity index (χ3v) is 0.726. The number of hydrogen-bond donors (Lipinski definition) is 0. The van der Waals surface area contributed by atoms with Gasteiger partial charge in [-0.1, -0.05) is 0 Å². The molecule has 0 aliphatic carbocycles. The fourth-order valence-electron chi connectivity index (χ4n) is 0.434. The molecule has 0 saturated heterocycles. The summed E-state index contributed by atoms with van der Waals surface area (Å²) in [4.78, 5) is 12.5. The second-order valence-electron chi connectivity index (χ2n) is 1.27. The smallest absolute Gasteiger partial charge is 0.421 e. The van der Waals surface area contributed by atoms with Crippen molar-refractivity contribution in [1.29, 1.82) is 0 Å². The van der Waals surface area contributed by atoms with E-state index >= 15 is 0 Å². The number of rotatable bonds is 0. The van der Waals surface area contributed by atoms with E-state index in [0.29, 0.717) is 13.2 Å². The third kappa shape index (κ3) is 0.749. The van der Waals surface area contributed by atoms with Crippen LogP contribution >= 0.6 is 0 Å². The molecule has 0 amide bonds. The highest BCUT2D eigenvalue weighted by molar-refractivity contribution is 5.65. The Morgan fingerprint density at radius 2 is 2.62 bits per heavy atom. The lowest BCUT2D eigenvalue weighted by Crippen LogP contribution is -2.10. The molecule has 1 aliphatic rings. The Morgan fingerprint density at radius 3 is 2.88 bits per heavy atom. The molecule has 0 radical (unpaired) electrons. The summed E-state index contributed by atoms with van der Waals surface area (Å²) in [5.74, 6) is 0. The van der Waals surface area contributed by atoms with E-state index in [1.165, 1.54) is 0 Å². The molecule has 0 N–H and O–H groups in total. The van der Waals surface area contributed by atoms with Crippen molar-refractivity contribution in [1.82, 2.24) is 0 Å². The largest absolute Gasteiger partial charge is 0.535 e. The normalized spacial score (nSPS) is 17.2. The molecule has 1 rings (SSSR count). The molecule has 0 aromatic rings. The molecule has 0 aromatic carbocycles. The van der Waals surface area contributed by atoms with Gasteiger partial charge < -0.3 is 14.9 Å². The van der Waals surface area contributed by atoms with Gasteiger partial charge in [-0.3, -0.25) is 0 Å². The van der Waals surface area contributed by atoms with E-state index in [1.807, 2.05) is 0 Å². The van der Waals surface area contributed by atoms with Crippen LogP contribution < -0.4 is 0 Å². The van der Waals surface area contributed by atoms with Crippen LogP contribution in [0.15, 0.2) is 4.99 Å². The first-order valence-electron chi connectivity index (χ1n) is 2.12. The fourth-order valence-corrected chi connectivity index (χ4v) is 0.434. The van der Waals surface area contributed by atoms with E-state index in [0.717, 1.165) is 0 Å². The van der Waals surface area contributed by atoms with Crippen molar-refractivity contribution in [2.75, 3.05) is 13.2 Å². The van der Waals surface area contributed by atoms with E-state index < -0.39 is 4.92 Å². The summed E-state index contributed by atoms with van der Waals surface area (Å²) >= 11 is 0. The maximum atomic E-state index is 9.75. The zero-order valence-corrected chi connectivity index (χ0v) is 4.03. The Kier molecular flexibility index (Phi) is 1.11. The van der Waals surface area contributed by atoms with Gasteiger partial charge in [0.2, 0.25) is 0 Å². The predicted octanol–water partition coefficient (Wildman–Crippen LogP) is -0.351. The van der Waals surface area contributed by atoms with Gasteiger partial charge in [0.05, 0.1) is 0 Å². The first kappa shape index (κ1) is 5.02. The highest BCUT2D eigenvalue weighted by Gasteiger charge is 2.19. The van der Waals surface area contributed by atoms with Crippen molar-refractivity contribution < 1.29 is 9.66 Å². The van der Waals surface area contributed by atoms with Gasteiger partial charge in [-0.15, -0.1) is 0 Å². The molecule has 1 heterocycles. The average molecular weight is 116 g/mol. The molecule has 0 spiro atoms. The van der Waals surface area contributed by atoms with Crippen molar-refractivity contribution in [3.05, 3.63) is 10.1 Å². The van der Waals surface area contributed by atoms with Crippen LogP contribution in [0.1, 0.15) is 0 Å². The van der Waals surface area contributed by atoms with E-state index in [-0.39, 0.29) is 6.02 Å². The monoisotopic (exact) mass is 116 g/mol. The fraction of sp³-hybridized carbons (Fsp3) is 0.667. The quantitative estimate of drug-likeness (QED) is 0.321. The summed E-state index contributed by atoms with van der Waals surface area (Å²) in [7, 11) is 0. The van der Waals surface area contributed by atoms with Gasteiger partial charge in [-0.05, 0) is 4.99 Å². The molecule has 0 bridgehead atoms. The first-order valence-corrected chi connectivity index (χ1v) is 2.12. The second kappa shape index (κ2) is 1.77. The Balaban J connectivity index is 2.57. The van der Waals surface area contributed by atoms with E-state index in [2.05, 4.69) is 9.73 Å². The van der Waals surface area contributed by atoms with Crippen molar-refractivity contribution in [2.24, 2.45) is 4.99 Å². The minimum absolute atomic E-state index is 0.344. The highest BCUT2D eigenvalue weighted by atomic mass is 16.7. The van der Waals surface area contributed by atoms with Crippen LogP contribution in [0.3, 0.4) is 0 Å². The predicted molar refractivity (Wildman–Crippen MR) is 25.2 cm³/mol. The summed E-state index contributed by atoms with van der Waals surface area (Å²) in [5.41, 5.74) is 0. The number of nitrogens with zero attached hydrogens (tertiary/aromatic N) is 2. The second-order valence-corrected chi connectivity index (χ2v) is 1.27. The molecule has 8 heavy (non-hydrogen) atoms. The summed E-state index contributed by atoms with van der Waals surface area (Å²) in [6, 6.07) is -0.356. The van der Waals surface area contributed by atoms with E-state index in [1.54, 1.807) is 0 Å². The third-order valence-electron chi connectivity index (χ3n) is 0.726. The van der Waals surface area contributed by atoms with Crippen molar-refractivity contribution in [2.45, 2.75) is 0 Å². The van der Waals surface area contributed by atoms with Gasteiger partial charge in [0, 0.05) is 4.92 Å². The maximum absolute atomic E-state index is 9.75. The van der Waals surface area contributed by atoms with Gasteiger partial charge in [0.25, 0.3) is 0 Å². The topological polar surface area (TPSA) is 64.7 Å². The number of amidine groups is 1. The molecule has 44 valence electrons. The standard InChI is InChI=1S/C3H4N2O3/c6-5(7)3-4-1-2-8-3/h1-2H2. The van der Waals surface area contributed by atoms with Crippen molar-refractivity contribution in [3.8, 4) is 0 Å². The van der Waals surface area contributed by atoms with Crippen LogP contribution in [0.5, 0.6) is 0 Å². The Morgan fingerprint density at radius 1 is 1.88 bits per heavy atom. The molecule has 1 aliphatic heterocycles. The van der Waals surface area contributed by atoms with Crippen molar-refractivity contribution >= 4 is 6.02 Å².